The van der Waals surface area contributed by atoms with Gasteiger partial charge in [0.15, 0.2) is 23.7 Å². The van der Waals surface area contributed by atoms with E-state index in [1.807, 2.05) is 12.1 Å². The average Bonchev–Trinajstić information content (AvgIpc) is 2.81. The molecule has 2 fully saturated rings. The van der Waals surface area contributed by atoms with Crippen molar-refractivity contribution in [2.45, 2.75) is 70.0 Å². The van der Waals surface area contributed by atoms with E-state index in [0.29, 0.717) is 24.3 Å². The smallest absolute Gasteiger partial charge is 0.194 e. The van der Waals surface area contributed by atoms with Crippen LogP contribution in [0.25, 0.3) is 0 Å². The largest absolute Gasteiger partial charge is 0.352 e. The molecular weight excluding hydrogens is 420 g/mol. The Labute approximate surface area is 186 Å². The molecule has 4 rings (SSSR count). The van der Waals surface area contributed by atoms with E-state index in [9.17, 15) is 17.6 Å². The van der Waals surface area contributed by atoms with E-state index in [1.165, 1.54) is 0 Å². The molecule has 1 saturated carbocycles. The van der Waals surface area contributed by atoms with E-state index in [4.69, 9.17) is 9.47 Å². The summed E-state index contributed by atoms with van der Waals surface area (Å²) in [5.41, 5.74) is 2.15. The number of unbranched alkanes of at least 4 members (excludes halogenated alkanes) is 1. The van der Waals surface area contributed by atoms with Crippen LogP contribution in [0.1, 0.15) is 74.0 Å². The van der Waals surface area contributed by atoms with Crippen molar-refractivity contribution in [2.24, 2.45) is 5.92 Å². The lowest BCUT2D eigenvalue weighted by molar-refractivity contribution is -0.217. The topological polar surface area (TPSA) is 18.5 Å². The molecule has 1 heterocycles. The third-order valence-electron chi connectivity index (χ3n) is 6.88. The SMILES string of the molecule is CCCCc1ccc(C2COC(C3CCC(c4cc(F)c(F)c(F)c4)CC3)OC2)c(F)c1. The second-order valence-electron chi connectivity index (χ2n) is 9.10. The van der Waals surface area contributed by atoms with Gasteiger partial charge < -0.3 is 9.47 Å². The average molecular weight is 451 g/mol. The molecule has 0 spiro atoms. The number of benzene rings is 2. The molecule has 0 amide bonds. The first-order valence-electron chi connectivity index (χ1n) is 11.6. The Morgan fingerprint density at radius 3 is 2.06 bits per heavy atom. The molecule has 0 bridgehead atoms. The van der Waals surface area contributed by atoms with Crippen LogP contribution in [0.3, 0.4) is 0 Å². The van der Waals surface area contributed by atoms with Gasteiger partial charge in [0.1, 0.15) is 5.82 Å². The van der Waals surface area contributed by atoms with E-state index in [-0.39, 0.29) is 29.9 Å². The fourth-order valence-corrected chi connectivity index (χ4v) is 4.94. The minimum absolute atomic E-state index is 0.00694. The summed E-state index contributed by atoms with van der Waals surface area (Å²) in [5.74, 6) is -3.86. The maximum Gasteiger partial charge on any atom is 0.194 e. The van der Waals surface area contributed by atoms with Gasteiger partial charge in [0, 0.05) is 11.8 Å². The van der Waals surface area contributed by atoms with Crippen molar-refractivity contribution in [1.82, 2.24) is 0 Å². The van der Waals surface area contributed by atoms with Gasteiger partial charge in [-0.05, 0) is 79.3 Å². The molecule has 2 aromatic carbocycles. The highest BCUT2D eigenvalue weighted by Crippen LogP contribution is 2.40. The van der Waals surface area contributed by atoms with Crippen molar-refractivity contribution in [3.05, 3.63) is 70.3 Å². The lowest BCUT2D eigenvalue weighted by Crippen LogP contribution is -2.37. The van der Waals surface area contributed by atoms with Gasteiger partial charge in [-0.1, -0.05) is 25.5 Å². The summed E-state index contributed by atoms with van der Waals surface area (Å²) >= 11 is 0. The molecule has 2 aliphatic rings. The summed E-state index contributed by atoms with van der Waals surface area (Å²) in [6, 6.07) is 7.67. The summed E-state index contributed by atoms with van der Waals surface area (Å²) in [5, 5.41) is 0. The Kier molecular flexibility index (Phi) is 7.51. The molecule has 1 aliphatic heterocycles. The molecule has 0 aromatic heterocycles. The Morgan fingerprint density at radius 1 is 0.812 bits per heavy atom. The van der Waals surface area contributed by atoms with Crippen LogP contribution in [0, 0.1) is 29.2 Å². The number of aryl methyl sites for hydroxylation is 1. The van der Waals surface area contributed by atoms with Gasteiger partial charge in [-0.25, -0.2) is 17.6 Å². The van der Waals surface area contributed by atoms with Gasteiger partial charge in [0.25, 0.3) is 0 Å². The fourth-order valence-electron chi connectivity index (χ4n) is 4.94. The van der Waals surface area contributed by atoms with Crippen LogP contribution in [0.5, 0.6) is 0 Å². The minimum Gasteiger partial charge on any atom is -0.352 e. The number of rotatable bonds is 6. The summed E-state index contributed by atoms with van der Waals surface area (Å²) < 4.78 is 66.9. The highest BCUT2D eigenvalue weighted by Gasteiger charge is 2.34. The van der Waals surface area contributed by atoms with E-state index < -0.39 is 17.5 Å². The molecule has 0 radical (unpaired) electrons. The van der Waals surface area contributed by atoms with Crippen molar-refractivity contribution in [1.29, 1.82) is 0 Å². The molecule has 2 nitrogen and oxygen atoms in total. The van der Waals surface area contributed by atoms with E-state index in [0.717, 1.165) is 62.6 Å². The van der Waals surface area contributed by atoms with Crippen LogP contribution in [0.4, 0.5) is 17.6 Å². The van der Waals surface area contributed by atoms with Crippen molar-refractivity contribution in [3.63, 3.8) is 0 Å². The molecular formula is C26H30F4O2. The Balaban J connectivity index is 1.29. The van der Waals surface area contributed by atoms with Crippen LogP contribution in [0.15, 0.2) is 30.3 Å². The lowest BCUT2D eigenvalue weighted by Gasteiger charge is -2.38. The molecule has 32 heavy (non-hydrogen) atoms. The van der Waals surface area contributed by atoms with E-state index in [1.54, 1.807) is 6.07 Å². The predicted molar refractivity (Wildman–Crippen MR) is 114 cm³/mol. The van der Waals surface area contributed by atoms with Gasteiger partial charge in [-0.2, -0.15) is 0 Å². The number of ether oxygens (including phenoxy) is 2. The van der Waals surface area contributed by atoms with Gasteiger partial charge in [-0.15, -0.1) is 0 Å². The molecule has 0 N–H and O–H groups in total. The first-order chi connectivity index (χ1) is 15.5. The van der Waals surface area contributed by atoms with E-state index >= 15 is 0 Å². The summed E-state index contributed by atoms with van der Waals surface area (Å²) in [4.78, 5) is 0. The number of hydrogen-bond donors (Lipinski definition) is 0. The second-order valence-corrected chi connectivity index (χ2v) is 9.10. The molecule has 0 atom stereocenters. The standard InChI is InChI=1S/C26H30F4O2/c1-2-3-4-16-5-10-21(22(27)11-16)20-14-31-26(32-15-20)18-8-6-17(7-9-18)19-12-23(28)25(30)24(29)13-19/h5,10-13,17-18,20,26H,2-4,6-9,14-15H2,1H3. The van der Waals surface area contributed by atoms with Crippen LogP contribution >= 0.6 is 0 Å². The van der Waals surface area contributed by atoms with E-state index in [2.05, 4.69) is 6.92 Å². The van der Waals surface area contributed by atoms with Crippen LogP contribution in [0.2, 0.25) is 0 Å². The highest BCUT2D eigenvalue weighted by atomic mass is 19.2. The monoisotopic (exact) mass is 450 g/mol. The molecule has 2 aromatic rings. The third-order valence-corrected chi connectivity index (χ3v) is 6.88. The van der Waals surface area contributed by atoms with Crippen LogP contribution < -0.4 is 0 Å². The Morgan fingerprint density at radius 2 is 1.47 bits per heavy atom. The lowest BCUT2D eigenvalue weighted by atomic mass is 9.78. The van der Waals surface area contributed by atoms with Crippen molar-refractivity contribution < 1.29 is 27.0 Å². The summed E-state index contributed by atoms with van der Waals surface area (Å²) in [6.45, 7) is 2.93. The molecule has 174 valence electrons. The highest BCUT2D eigenvalue weighted by molar-refractivity contribution is 5.28. The normalized spacial score (nSPS) is 26.3. The van der Waals surface area contributed by atoms with Gasteiger partial charge in [0.2, 0.25) is 0 Å². The van der Waals surface area contributed by atoms with Crippen molar-refractivity contribution in [2.75, 3.05) is 13.2 Å². The van der Waals surface area contributed by atoms with Crippen molar-refractivity contribution >= 4 is 0 Å². The Bertz CT molecular complexity index is 893. The second kappa shape index (κ2) is 10.3. The van der Waals surface area contributed by atoms with Gasteiger partial charge in [0.05, 0.1) is 13.2 Å². The maximum absolute atomic E-state index is 14.6. The zero-order valence-corrected chi connectivity index (χ0v) is 18.4. The van der Waals surface area contributed by atoms with Gasteiger partial charge >= 0.3 is 0 Å². The summed E-state index contributed by atoms with van der Waals surface area (Å²) in [7, 11) is 0. The number of halogens is 4. The molecule has 1 saturated heterocycles. The van der Waals surface area contributed by atoms with Gasteiger partial charge in [-0.3, -0.25) is 0 Å². The van der Waals surface area contributed by atoms with Crippen LogP contribution in [-0.2, 0) is 15.9 Å². The third kappa shape index (κ3) is 5.18. The van der Waals surface area contributed by atoms with Crippen molar-refractivity contribution in [3.8, 4) is 0 Å². The first kappa shape index (κ1) is 23.2. The Hall–Kier alpha value is -1.92. The zero-order valence-electron chi connectivity index (χ0n) is 18.4. The summed E-state index contributed by atoms with van der Waals surface area (Å²) in [6.07, 6.45) is 5.71. The first-order valence-corrected chi connectivity index (χ1v) is 11.6. The quantitative estimate of drug-likeness (QED) is 0.348. The molecule has 6 heteroatoms. The number of hydrogen-bond acceptors (Lipinski definition) is 2. The molecule has 0 unspecified atom stereocenters. The predicted octanol–water partition coefficient (Wildman–Crippen LogP) is 7.02. The maximum atomic E-state index is 14.6. The zero-order chi connectivity index (χ0) is 22.7. The fraction of sp³-hybridized carbons (Fsp3) is 0.538. The minimum atomic E-state index is -1.42. The van der Waals surface area contributed by atoms with Crippen LogP contribution in [-0.4, -0.2) is 19.5 Å². The molecule has 1 aliphatic carbocycles.